The zero-order chi connectivity index (χ0) is 16.6. The summed E-state index contributed by atoms with van der Waals surface area (Å²) in [6.07, 6.45) is 1.07. The van der Waals surface area contributed by atoms with E-state index in [1.54, 1.807) is 11.1 Å². The summed E-state index contributed by atoms with van der Waals surface area (Å²) in [5.74, 6) is 0. The maximum atomic E-state index is 12.3. The van der Waals surface area contributed by atoms with Crippen molar-refractivity contribution in [3.63, 3.8) is 0 Å². The van der Waals surface area contributed by atoms with Crippen LogP contribution in [0, 0.1) is 0 Å². The minimum atomic E-state index is -0.512. The van der Waals surface area contributed by atoms with Crippen LogP contribution in [0.2, 0.25) is 5.15 Å². The summed E-state index contributed by atoms with van der Waals surface area (Å²) in [5, 5.41) is 0.473. The van der Waals surface area contributed by atoms with Crippen molar-refractivity contribution in [3.8, 4) is 0 Å². The van der Waals surface area contributed by atoms with Crippen molar-refractivity contribution in [1.29, 1.82) is 0 Å². The first kappa shape index (κ1) is 16.2. The molecule has 124 valence electrons. The molecule has 1 amide bonds. The number of pyridine rings is 1. The van der Waals surface area contributed by atoms with Crippen molar-refractivity contribution in [2.75, 3.05) is 19.7 Å². The fourth-order valence-corrected chi connectivity index (χ4v) is 2.91. The van der Waals surface area contributed by atoms with E-state index < -0.39 is 5.60 Å². The number of fused-ring (bicyclic) bond motifs is 1. The topological polar surface area (TPSA) is 64.0 Å². The van der Waals surface area contributed by atoms with Crippen LogP contribution >= 0.6 is 11.6 Å². The molecular weight excluding hydrogens is 318 g/mol. The Balaban J connectivity index is 1.74. The maximum Gasteiger partial charge on any atom is 0.410 e. The fourth-order valence-electron chi connectivity index (χ4n) is 2.69. The lowest BCUT2D eigenvalue weighted by Gasteiger charge is -2.34. The molecule has 6 nitrogen and oxygen atoms in total. The first-order valence-electron chi connectivity index (χ1n) is 7.63. The minimum absolute atomic E-state index is 0.268. The Labute approximate surface area is 140 Å². The van der Waals surface area contributed by atoms with Crippen LogP contribution in [0.25, 0.3) is 0 Å². The average Bonchev–Trinajstić information content (AvgIpc) is 2.91. The third-order valence-electron chi connectivity index (χ3n) is 3.71. The van der Waals surface area contributed by atoms with Crippen molar-refractivity contribution in [2.24, 2.45) is 4.99 Å². The predicted molar refractivity (Wildman–Crippen MR) is 87.0 cm³/mol. The van der Waals surface area contributed by atoms with Gasteiger partial charge in [0.25, 0.3) is 0 Å². The monoisotopic (exact) mass is 337 g/mol. The zero-order valence-electron chi connectivity index (χ0n) is 13.5. The molecule has 7 heteroatoms. The molecule has 1 fully saturated rings. The van der Waals surface area contributed by atoms with E-state index in [2.05, 4.69) is 9.98 Å². The van der Waals surface area contributed by atoms with E-state index >= 15 is 0 Å². The summed E-state index contributed by atoms with van der Waals surface area (Å²) >= 11 is 6.12. The van der Waals surface area contributed by atoms with Crippen LogP contribution in [-0.2, 0) is 16.0 Å². The van der Waals surface area contributed by atoms with Gasteiger partial charge in [0.2, 0.25) is 0 Å². The molecule has 2 aliphatic heterocycles. The summed E-state index contributed by atoms with van der Waals surface area (Å²) < 4.78 is 11.3. The van der Waals surface area contributed by atoms with E-state index in [1.807, 2.05) is 26.8 Å². The molecule has 0 aromatic carbocycles. The standard InChI is InChI=1S/C16H20ClN3O3/c1-16(2,3)23-15(21)20-6-7-22-12(9-20)13-10-4-5-18-14(17)11(10)8-19-13/h4-5,12H,6-9H2,1-3H3/t12-/m1/s1. The average molecular weight is 338 g/mol. The molecule has 3 rings (SSSR count). The van der Waals surface area contributed by atoms with Gasteiger partial charge in [0, 0.05) is 23.9 Å². The van der Waals surface area contributed by atoms with Gasteiger partial charge in [0.15, 0.2) is 0 Å². The van der Waals surface area contributed by atoms with Crippen LogP contribution in [0.3, 0.4) is 0 Å². The van der Waals surface area contributed by atoms with Gasteiger partial charge < -0.3 is 14.4 Å². The smallest absolute Gasteiger partial charge is 0.410 e. The van der Waals surface area contributed by atoms with Gasteiger partial charge in [0.1, 0.15) is 16.9 Å². The van der Waals surface area contributed by atoms with Crippen LogP contribution in [0.5, 0.6) is 0 Å². The Kier molecular flexibility index (Phi) is 4.29. The van der Waals surface area contributed by atoms with Crippen molar-refractivity contribution in [3.05, 3.63) is 28.5 Å². The van der Waals surface area contributed by atoms with Crippen LogP contribution in [0.15, 0.2) is 17.3 Å². The van der Waals surface area contributed by atoms with Crippen molar-refractivity contribution < 1.29 is 14.3 Å². The predicted octanol–water partition coefficient (Wildman–Crippen LogP) is 2.67. The Hall–Kier alpha value is -1.66. The summed E-state index contributed by atoms with van der Waals surface area (Å²) in [7, 11) is 0. The molecule has 0 bridgehead atoms. The first-order chi connectivity index (χ1) is 10.8. The number of nitrogens with zero attached hydrogens (tertiary/aromatic N) is 3. The maximum absolute atomic E-state index is 12.3. The molecule has 0 aliphatic carbocycles. The van der Waals surface area contributed by atoms with Crippen LogP contribution in [0.4, 0.5) is 4.79 Å². The van der Waals surface area contributed by atoms with Gasteiger partial charge in [-0.3, -0.25) is 4.99 Å². The number of hydrogen-bond donors (Lipinski definition) is 0. The molecule has 0 radical (unpaired) electrons. The first-order valence-corrected chi connectivity index (χ1v) is 8.00. The molecule has 2 aliphatic rings. The van der Waals surface area contributed by atoms with Crippen LogP contribution in [0.1, 0.15) is 31.9 Å². The molecule has 1 aromatic heterocycles. The Morgan fingerprint density at radius 3 is 3.00 bits per heavy atom. The molecule has 0 N–H and O–H groups in total. The number of halogens is 1. The summed E-state index contributed by atoms with van der Waals surface area (Å²) in [6.45, 7) is 7.47. The van der Waals surface area contributed by atoms with Gasteiger partial charge >= 0.3 is 6.09 Å². The lowest BCUT2D eigenvalue weighted by atomic mass is 10.0. The number of carbonyl (C=O) groups excluding carboxylic acids is 1. The largest absolute Gasteiger partial charge is 0.444 e. The molecule has 1 aromatic rings. The van der Waals surface area contributed by atoms with Crippen molar-refractivity contribution >= 4 is 23.4 Å². The fraction of sp³-hybridized carbons (Fsp3) is 0.562. The van der Waals surface area contributed by atoms with Gasteiger partial charge in [-0.05, 0) is 26.8 Å². The van der Waals surface area contributed by atoms with Gasteiger partial charge in [-0.1, -0.05) is 11.6 Å². The highest BCUT2D eigenvalue weighted by Gasteiger charge is 2.33. The number of morpholine rings is 1. The lowest BCUT2D eigenvalue weighted by molar-refractivity contribution is -0.0207. The SMILES string of the molecule is CC(C)(C)OC(=O)N1CCO[C@@H](C2=NCc3c2ccnc3Cl)C1. The highest BCUT2D eigenvalue weighted by Crippen LogP contribution is 2.27. The third-order valence-corrected chi connectivity index (χ3v) is 4.04. The second kappa shape index (κ2) is 6.09. The molecule has 1 saturated heterocycles. The number of aromatic nitrogens is 1. The molecule has 1 atom stereocenters. The molecule has 0 saturated carbocycles. The van der Waals surface area contributed by atoms with Crippen LogP contribution in [-0.4, -0.2) is 53.1 Å². The normalized spacial score (nSPS) is 21.0. The van der Waals surface area contributed by atoms with Crippen molar-refractivity contribution in [2.45, 2.75) is 39.0 Å². The molecule has 0 spiro atoms. The Morgan fingerprint density at radius 2 is 2.26 bits per heavy atom. The van der Waals surface area contributed by atoms with Gasteiger partial charge in [-0.2, -0.15) is 0 Å². The highest BCUT2D eigenvalue weighted by molar-refractivity contribution is 6.31. The van der Waals surface area contributed by atoms with E-state index in [1.165, 1.54) is 0 Å². The second-order valence-corrected chi connectivity index (χ2v) is 6.97. The van der Waals surface area contributed by atoms with E-state index in [0.29, 0.717) is 31.4 Å². The number of carbonyl (C=O) groups is 1. The highest BCUT2D eigenvalue weighted by atomic mass is 35.5. The number of rotatable bonds is 1. The number of aliphatic imine (C=N–C) groups is 1. The number of hydrogen-bond acceptors (Lipinski definition) is 5. The molecule has 0 unspecified atom stereocenters. The minimum Gasteiger partial charge on any atom is -0.444 e. The molecular formula is C16H20ClN3O3. The Morgan fingerprint density at radius 1 is 1.48 bits per heavy atom. The molecule has 23 heavy (non-hydrogen) atoms. The van der Waals surface area contributed by atoms with E-state index in [4.69, 9.17) is 21.1 Å². The van der Waals surface area contributed by atoms with Gasteiger partial charge in [-0.25, -0.2) is 9.78 Å². The van der Waals surface area contributed by atoms with Crippen molar-refractivity contribution in [1.82, 2.24) is 9.88 Å². The zero-order valence-corrected chi connectivity index (χ0v) is 14.3. The lowest BCUT2D eigenvalue weighted by Crippen LogP contribution is -2.50. The number of ether oxygens (including phenoxy) is 2. The van der Waals surface area contributed by atoms with E-state index in [-0.39, 0.29) is 12.2 Å². The third kappa shape index (κ3) is 3.48. The Bertz CT molecular complexity index is 654. The number of amides is 1. The van der Waals surface area contributed by atoms with Gasteiger partial charge in [-0.15, -0.1) is 0 Å². The second-order valence-electron chi connectivity index (χ2n) is 6.62. The van der Waals surface area contributed by atoms with Crippen LogP contribution < -0.4 is 0 Å². The van der Waals surface area contributed by atoms with E-state index in [0.717, 1.165) is 16.8 Å². The summed E-state index contributed by atoms with van der Waals surface area (Å²) in [4.78, 5) is 22.5. The quantitative estimate of drug-likeness (QED) is 0.739. The molecule has 3 heterocycles. The van der Waals surface area contributed by atoms with Gasteiger partial charge in [0.05, 0.1) is 25.4 Å². The summed E-state index contributed by atoms with van der Waals surface area (Å²) in [6, 6.07) is 1.89. The summed E-state index contributed by atoms with van der Waals surface area (Å²) in [5.41, 5.74) is 2.20. The van der Waals surface area contributed by atoms with E-state index in [9.17, 15) is 4.79 Å².